The predicted molar refractivity (Wildman–Crippen MR) is 29.6 cm³/mol. The van der Waals surface area contributed by atoms with Crippen molar-refractivity contribution in [2.75, 3.05) is 0 Å². The second kappa shape index (κ2) is 17.2. The molecule has 0 aromatic heterocycles. The van der Waals surface area contributed by atoms with E-state index in [0.29, 0.717) is 0 Å². The van der Waals surface area contributed by atoms with Gasteiger partial charge in [-0.3, -0.25) is 0 Å². The van der Waals surface area contributed by atoms with E-state index in [1.807, 2.05) is 0 Å². The minimum Gasteiger partial charge on any atom is 0 e. The molecule has 0 saturated carbocycles. The number of hydrogen-bond donors (Lipinski definition) is 0. The molecular weight excluding hydrogens is 433 g/mol. The zero-order chi connectivity index (χ0) is 0. The standard InChI is InChI=1S/Bi.H3P.H2Te.Zn.3H/h;1H3;1H2;;;;. The van der Waals surface area contributed by atoms with E-state index >= 15 is 0 Å². The molecular formula is H8BiPTeZn. The Morgan fingerprint density at radius 1 is 1.00 bits per heavy atom. The van der Waals surface area contributed by atoms with Crippen molar-refractivity contribution < 1.29 is 19.5 Å². The van der Waals surface area contributed by atoms with Crippen LogP contribution in [0.25, 0.3) is 0 Å². The molecule has 0 spiro atoms. The first-order valence-corrected chi connectivity index (χ1v) is 0. The molecule has 1 unspecified atom stereocenters. The van der Waals surface area contributed by atoms with Crippen LogP contribution in [0.3, 0.4) is 0 Å². The van der Waals surface area contributed by atoms with Crippen molar-refractivity contribution in [3.05, 3.63) is 0 Å². The molecule has 0 aliphatic heterocycles. The Morgan fingerprint density at radius 3 is 1.00 bits per heavy atom. The van der Waals surface area contributed by atoms with Gasteiger partial charge < -0.3 is 0 Å². The summed E-state index contributed by atoms with van der Waals surface area (Å²) in [6.07, 6.45) is 0. The SMILES string of the molecule is P.[BiH3].[TeH2].[Zn]. The first-order chi connectivity index (χ1) is 0. The third kappa shape index (κ3) is 8.83. The molecule has 0 N–H and O–H groups in total. The molecule has 0 radical (unpaired) electrons. The van der Waals surface area contributed by atoms with Crippen LogP contribution >= 0.6 is 9.90 Å². The van der Waals surface area contributed by atoms with E-state index in [9.17, 15) is 0 Å². The van der Waals surface area contributed by atoms with Crippen LogP contribution < -0.4 is 0 Å². The van der Waals surface area contributed by atoms with Crippen LogP contribution in [0.1, 0.15) is 0 Å². The van der Waals surface area contributed by atoms with Crippen LogP contribution in [0.5, 0.6) is 0 Å². The molecule has 0 nitrogen and oxygen atoms in total. The Bertz CT molecular complexity index is 8.00. The van der Waals surface area contributed by atoms with Gasteiger partial charge in [-0.1, -0.05) is 0 Å². The van der Waals surface area contributed by atoms with E-state index in [4.69, 9.17) is 0 Å². The smallest absolute Gasteiger partial charge is 0 e. The third-order valence-electron chi connectivity index (χ3n) is 0. The molecule has 1 atom stereocenters. The average Bonchev–Trinajstić information content (AvgIpc) is 0. The Kier molecular flexibility index (Phi) is 128. The molecule has 0 aromatic carbocycles. The molecule has 0 fully saturated rings. The van der Waals surface area contributed by atoms with Crippen LogP contribution in [0.4, 0.5) is 0 Å². The molecule has 0 aliphatic carbocycles. The summed E-state index contributed by atoms with van der Waals surface area (Å²) < 4.78 is 0. The van der Waals surface area contributed by atoms with Crippen molar-refractivity contribution in [3.63, 3.8) is 0 Å². The predicted octanol–water partition coefficient (Wildman–Crippen LogP) is -2.04. The molecule has 26 valence electrons. The van der Waals surface area contributed by atoms with Crippen molar-refractivity contribution in [2.24, 2.45) is 0 Å². The van der Waals surface area contributed by atoms with Crippen LogP contribution in [-0.4, -0.2) is 49.9 Å². The van der Waals surface area contributed by atoms with Crippen LogP contribution in [0, 0.1) is 0 Å². The fourth-order valence-electron chi connectivity index (χ4n) is 0. The second-order valence-corrected chi connectivity index (χ2v) is 0. The normalized spacial score (nSPS) is 0. The summed E-state index contributed by atoms with van der Waals surface area (Å²) in [5.74, 6) is 0. The van der Waals surface area contributed by atoms with Crippen LogP contribution in [-0.2, 0) is 19.5 Å². The van der Waals surface area contributed by atoms with E-state index in [1.54, 1.807) is 0 Å². The molecule has 0 saturated heterocycles. The first-order valence-electron chi connectivity index (χ1n) is 0. The minimum absolute atomic E-state index is 0. The molecule has 0 aliphatic rings. The van der Waals surface area contributed by atoms with Gasteiger partial charge >= 0.3 is 49.9 Å². The van der Waals surface area contributed by atoms with Crippen molar-refractivity contribution >= 4 is 59.8 Å². The van der Waals surface area contributed by atoms with Gasteiger partial charge in [0.1, 0.15) is 0 Å². The molecule has 4 heavy (non-hydrogen) atoms. The fourth-order valence-corrected chi connectivity index (χ4v) is 0. The largest absolute Gasteiger partial charge is 0 e. The quantitative estimate of drug-likeness (QED) is 0.301. The zero-order valence-corrected chi connectivity index (χ0v) is 15.4. The summed E-state index contributed by atoms with van der Waals surface area (Å²) in [6, 6.07) is 0. The molecule has 0 bridgehead atoms. The number of hydrogen-bond acceptors (Lipinski definition) is 0. The van der Waals surface area contributed by atoms with E-state index < -0.39 is 0 Å². The van der Waals surface area contributed by atoms with Gasteiger partial charge in [0.2, 0.25) is 0 Å². The van der Waals surface area contributed by atoms with Gasteiger partial charge in [-0.15, -0.1) is 0 Å². The Balaban J connectivity index is 0. The molecule has 0 heterocycles. The molecule has 0 rings (SSSR count). The Hall–Kier alpha value is 2.73. The van der Waals surface area contributed by atoms with Crippen LogP contribution in [0.2, 0.25) is 0 Å². The third-order valence-corrected chi connectivity index (χ3v) is 0. The maximum absolute atomic E-state index is 0. The van der Waals surface area contributed by atoms with Crippen molar-refractivity contribution in [1.29, 1.82) is 0 Å². The summed E-state index contributed by atoms with van der Waals surface area (Å²) in [7, 11) is 0. The maximum Gasteiger partial charge on any atom is 0 e. The number of rotatable bonds is 0. The summed E-state index contributed by atoms with van der Waals surface area (Å²) in [4.78, 5) is 0. The average molecular weight is 441 g/mol. The molecule has 4 heteroatoms. The van der Waals surface area contributed by atoms with Gasteiger partial charge in [-0.2, -0.15) is 9.90 Å². The monoisotopic (exact) mass is 442 g/mol. The Morgan fingerprint density at radius 2 is 1.00 bits per heavy atom. The topological polar surface area (TPSA) is 0 Å². The van der Waals surface area contributed by atoms with Gasteiger partial charge in [0.05, 0.1) is 0 Å². The summed E-state index contributed by atoms with van der Waals surface area (Å²) in [5.41, 5.74) is 0. The van der Waals surface area contributed by atoms with Crippen molar-refractivity contribution in [2.45, 2.75) is 0 Å². The van der Waals surface area contributed by atoms with Crippen LogP contribution in [0.15, 0.2) is 0 Å². The van der Waals surface area contributed by atoms with Crippen molar-refractivity contribution in [1.82, 2.24) is 0 Å². The van der Waals surface area contributed by atoms with E-state index in [2.05, 4.69) is 0 Å². The van der Waals surface area contributed by atoms with Gasteiger partial charge in [0.25, 0.3) is 0 Å². The van der Waals surface area contributed by atoms with Gasteiger partial charge in [0, 0.05) is 19.5 Å². The maximum atomic E-state index is 0. The van der Waals surface area contributed by atoms with E-state index in [1.165, 1.54) is 0 Å². The summed E-state index contributed by atoms with van der Waals surface area (Å²) >= 11 is 0. The van der Waals surface area contributed by atoms with Gasteiger partial charge in [-0.25, -0.2) is 0 Å². The van der Waals surface area contributed by atoms with E-state index in [-0.39, 0.29) is 79.2 Å². The minimum atomic E-state index is 0. The second-order valence-electron chi connectivity index (χ2n) is 0. The molecule has 0 amide bonds. The van der Waals surface area contributed by atoms with Gasteiger partial charge in [0.15, 0.2) is 0 Å². The van der Waals surface area contributed by atoms with Gasteiger partial charge in [-0.05, 0) is 0 Å². The fraction of sp³-hybridized carbons (Fsp3) is 0. The van der Waals surface area contributed by atoms with E-state index in [0.717, 1.165) is 0 Å². The summed E-state index contributed by atoms with van der Waals surface area (Å²) in [5, 5.41) is 0. The summed E-state index contributed by atoms with van der Waals surface area (Å²) in [6.45, 7) is 0. The zero-order valence-electron chi connectivity index (χ0n) is 2.62. The van der Waals surface area contributed by atoms with Crippen molar-refractivity contribution in [3.8, 4) is 0 Å². The first kappa shape index (κ1) is 29.7. The Labute approximate surface area is 78.1 Å². The molecule has 0 aromatic rings.